The number of aryl methyl sites for hydroxylation is 1. The van der Waals surface area contributed by atoms with Crippen molar-refractivity contribution in [2.75, 3.05) is 5.73 Å². The van der Waals surface area contributed by atoms with E-state index in [0.29, 0.717) is 6.04 Å². The lowest BCUT2D eigenvalue weighted by Crippen LogP contribution is -2.26. The molecular weight excluding hydrogens is 174 g/mol. The lowest BCUT2D eigenvalue weighted by Gasteiger charge is -2.33. The average molecular weight is 193 g/mol. The molecule has 0 spiro atoms. The fourth-order valence-electron chi connectivity index (χ4n) is 2.25. The third-order valence-corrected chi connectivity index (χ3v) is 3.45. The van der Waals surface area contributed by atoms with Crippen LogP contribution in [0.15, 0.2) is 6.20 Å². The highest BCUT2D eigenvalue weighted by atomic mass is 15.3. The number of anilines is 1. The summed E-state index contributed by atoms with van der Waals surface area (Å²) in [6, 6.07) is 0.525. The number of aromatic nitrogens is 2. The first-order valence-corrected chi connectivity index (χ1v) is 5.53. The topological polar surface area (TPSA) is 43.8 Å². The first-order chi connectivity index (χ1) is 6.74. The summed E-state index contributed by atoms with van der Waals surface area (Å²) < 4.78 is 2.03. The molecule has 1 heterocycles. The Balaban J connectivity index is 2.22. The molecule has 14 heavy (non-hydrogen) atoms. The van der Waals surface area contributed by atoms with E-state index >= 15 is 0 Å². The van der Waals surface area contributed by atoms with Crippen molar-refractivity contribution in [3.05, 3.63) is 11.8 Å². The zero-order valence-electron chi connectivity index (χ0n) is 9.03. The number of nitrogen functional groups attached to an aromatic ring is 1. The second-order valence-corrected chi connectivity index (χ2v) is 4.32. The Morgan fingerprint density at radius 1 is 1.64 bits per heavy atom. The number of rotatable bonds is 3. The molecule has 0 bridgehead atoms. The van der Waals surface area contributed by atoms with Crippen molar-refractivity contribution in [2.24, 2.45) is 5.92 Å². The van der Waals surface area contributed by atoms with E-state index < -0.39 is 0 Å². The Morgan fingerprint density at radius 2 is 2.36 bits per heavy atom. The Hall–Kier alpha value is -0.990. The third-order valence-electron chi connectivity index (χ3n) is 3.45. The molecule has 0 aliphatic heterocycles. The largest absolute Gasteiger partial charge is 0.384 e. The van der Waals surface area contributed by atoms with Crippen LogP contribution in [0.5, 0.6) is 0 Å². The van der Waals surface area contributed by atoms with E-state index in [2.05, 4.69) is 12.0 Å². The minimum atomic E-state index is 0.525. The molecule has 1 atom stereocenters. The number of nitrogens with zero attached hydrogens (tertiary/aromatic N) is 2. The lowest BCUT2D eigenvalue weighted by molar-refractivity contribution is 0.193. The van der Waals surface area contributed by atoms with Crippen LogP contribution in [0.3, 0.4) is 0 Å². The molecule has 1 aromatic rings. The molecule has 78 valence electrons. The van der Waals surface area contributed by atoms with Crippen LogP contribution in [-0.4, -0.2) is 9.78 Å². The van der Waals surface area contributed by atoms with Gasteiger partial charge in [0, 0.05) is 5.56 Å². The maximum absolute atomic E-state index is 6.00. The van der Waals surface area contributed by atoms with Crippen LogP contribution in [0, 0.1) is 12.8 Å². The van der Waals surface area contributed by atoms with Crippen molar-refractivity contribution in [1.82, 2.24) is 9.78 Å². The minimum Gasteiger partial charge on any atom is -0.384 e. The molecule has 1 aliphatic rings. The quantitative estimate of drug-likeness (QED) is 0.801. The maximum Gasteiger partial charge on any atom is 0.124 e. The number of hydrogen-bond acceptors (Lipinski definition) is 2. The van der Waals surface area contributed by atoms with Crippen molar-refractivity contribution in [3.63, 3.8) is 0 Å². The Labute approximate surface area is 85.3 Å². The van der Waals surface area contributed by atoms with Gasteiger partial charge in [-0.25, -0.2) is 4.68 Å². The van der Waals surface area contributed by atoms with Crippen LogP contribution in [0.1, 0.15) is 44.2 Å². The molecule has 1 aliphatic carbocycles. The second-order valence-electron chi connectivity index (χ2n) is 4.32. The SMILES string of the molecule is CCC(C1CCC1)n1ncc(C)c1N. The minimum absolute atomic E-state index is 0.525. The van der Waals surface area contributed by atoms with Gasteiger partial charge < -0.3 is 5.73 Å². The van der Waals surface area contributed by atoms with Gasteiger partial charge in [-0.05, 0) is 32.1 Å². The molecule has 0 saturated heterocycles. The summed E-state index contributed by atoms with van der Waals surface area (Å²) in [5, 5.41) is 4.38. The molecular formula is C11H19N3. The fraction of sp³-hybridized carbons (Fsp3) is 0.727. The first kappa shape index (κ1) is 9.56. The van der Waals surface area contributed by atoms with Crippen molar-refractivity contribution < 1.29 is 0 Å². The van der Waals surface area contributed by atoms with Gasteiger partial charge in [0.1, 0.15) is 5.82 Å². The fourth-order valence-corrected chi connectivity index (χ4v) is 2.25. The molecule has 0 radical (unpaired) electrons. The van der Waals surface area contributed by atoms with E-state index in [1.807, 2.05) is 17.8 Å². The Kier molecular flexibility index (Phi) is 2.48. The molecule has 0 aromatic carbocycles. The number of nitrogens with two attached hydrogens (primary N) is 1. The van der Waals surface area contributed by atoms with Crippen molar-refractivity contribution in [3.8, 4) is 0 Å². The monoisotopic (exact) mass is 193 g/mol. The zero-order valence-corrected chi connectivity index (χ0v) is 9.03. The number of hydrogen-bond donors (Lipinski definition) is 1. The van der Waals surface area contributed by atoms with E-state index in [-0.39, 0.29) is 0 Å². The predicted molar refractivity (Wildman–Crippen MR) is 58.0 cm³/mol. The molecule has 3 heteroatoms. The summed E-state index contributed by atoms with van der Waals surface area (Å²) in [5.41, 5.74) is 7.10. The highest BCUT2D eigenvalue weighted by Crippen LogP contribution is 2.38. The molecule has 0 amide bonds. The van der Waals surface area contributed by atoms with E-state index in [4.69, 9.17) is 5.73 Å². The highest BCUT2D eigenvalue weighted by Gasteiger charge is 2.28. The summed E-state index contributed by atoms with van der Waals surface area (Å²) in [4.78, 5) is 0. The van der Waals surface area contributed by atoms with Crippen LogP contribution < -0.4 is 5.73 Å². The summed E-state index contributed by atoms with van der Waals surface area (Å²) in [6.45, 7) is 4.24. The summed E-state index contributed by atoms with van der Waals surface area (Å²) in [7, 11) is 0. The molecule has 1 aromatic heterocycles. The Bertz CT molecular complexity index is 312. The summed E-state index contributed by atoms with van der Waals surface area (Å²) in [5.74, 6) is 1.66. The van der Waals surface area contributed by atoms with Gasteiger partial charge >= 0.3 is 0 Å². The van der Waals surface area contributed by atoms with Crippen molar-refractivity contribution in [1.29, 1.82) is 0 Å². The summed E-state index contributed by atoms with van der Waals surface area (Å²) >= 11 is 0. The second kappa shape index (κ2) is 3.64. The molecule has 2 rings (SSSR count). The van der Waals surface area contributed by atoms with Gasteiger partial charge in [-0.3, -0.25) is 0 Å². The molecule has 3 nitrogen and oxygen atoms in total. The molecule has 1 fully saturated rings. The summed E-state index contributed by atoms with van der Waals surface area (Å²) in [6.07, 6.45) is 7.07. The van der Waals surface area contributed by atoms with Gasteiger partial charge in [0.15, 0.2) is 0 Å². The van der Waals surface area contributed by atoms with Gasteiger partial charge in [-0.2, -0.15) is 5.10 Å². The third kappa shape index (κ3) is 1.41. The van der Waals surface area contributed by atoms with E-state index in [1.54, 1.807) is 0 Å². The Morgan fingerprint density at radius 3 is 2.71 bits per heavy atom. The highest BCUT2D eigenvalue weighted by molar-refractivity contribution is 5.37. The van der Waals surface area contributed by atoms with Gasteiger partial charge in [-0.1, -0.05) is 13.3 Å². The van der Waals surface area contributed by atoms with Gasteiger partial charge in [0.25, 0.3) is 0 Å². The van der Waals surface area contributed by atoms with Gasteiger partial charge in [0.2, 0.25) is 0 Å². The van der Waals surface area contributed by atoms with Crippen LogP contribution >= 0.6 is 0 Å². The zero-order chi connectivity index (χ0) is 10.1. The molecule has 2 N–H and O–H groups in total. The van der Waals surface area contributed by atoms with Crippen molar-refractivity contribution >= 4 is 5.82 Å². The maximum atomic E-state index is 6.00. The first-order valence-electron chi connectivity index (χ1n) is 5.53. The molecule has 1 unspecified atom stereocenters. The van der Waals surface area contributed by atoms with E-state index in [9.17, 15) is 0 Å². The van der Waals surface area contributed by atoms with Crippen molar-refractivity contribution in [2.45, 2.75) is 45.6 Å². The van der Waals surface area contributed by atoms with Gasteiger partial charge in [0.05, 0.1) is 12.2 Å². The van der Waals surface area contributed by atoms with Gasteiger partial charge in [-0.15, -0.1) is 0 Å². The van der Waals surface area contributed by atoms with Crippen LogP contribution in [0.2, 0.25) is 0 Å². The van der Waals surface area contributed by atoms with Crippen LogP contribution in [0.25, 0.3) is 0 Å². The smallest absolute Gasteiger partial charge is 0.124 e. The standard InChI is InChI=1S/C11H19N3/c1-3-10(9-5-4-6-9)14-11(12)8(2)7-13-14/h7,9-10H,3-6,12H2,1-2H3. The van der Waals surface area contributed by atoms with Crippen LogP contribution in [0.4, 0.5) is 5.82 Å². The normalized spacial score (nSPS) is 19.3. The average Bonchev–Trinajstić information content (AvgIpc) is 2.41. The predicted octanol–water partition coefficient (Wildman–Crippen LogP) is 2.52. The van der Waals surface area contributed by atoms with E-state index in [0.717, 1.165) is 23.7 Å². The molecule has 1 saturated carbocycles. The van der Waals surface area contributed by atoms with E-state index in [1.165, 1.54) is 19.3 Å². The lowest BCUT2D eigenvalue weighted by atomic mass is 9.79. The van der Waals surface area contributed by atoms with Crippen LogP contribution in [-0.2, 0) is 0 Å².